The van der Waals surface area contributed by atoms with Gasteiger partial charge in [0, 0.05) is 10.5 Å². The SMILES string of the molecule is C[C@@H](CS(=S)C(C)(C)C)C(=O)O. The first-order chi connectivity index (χ1) is 5.25. The summed E-state index contributed by atoms with van der Waals surface area (Å²) >= 11 is 5.23. The van der Waals surface area contributed by atoms with E-state index in [4.69, 9.17) is 16.3 Å². The Kier molecular flexibility index (Phi) is 4.34. The zero-order valence-electron chi connectivity index (χ0n) is 7.96. The highest BCUT2D eigenvalue weighted by Crippen LogP contribution is 2.14. The summed E-state index contributed by atoms with van der Waals surface area (Å²) in [6.45, 7) is 7.87. The number of hydrogen-bond acceptors (Lipinski definition) is 2. The first kappa shape index (κ1) is 12.0. The Labute approximate surface area is 81.0 Å². The van der Waals surface area contributed by atoms with Crippen molar-refractivity contribution in [2.45, 2.75) is 32.4 Å². The van der Waals surface area contributed by atoms with Crippen molar-refractivity contribution in [2.75, 3.05) is 5.75 Å². The summed E-state index contributed by atoms with van der Waals surface area (Å²) in [5, 5.41) is 8.65. The predicted octanol–water partition coefficient (Wildman–Crippen LogP) is 1.59. The fourth-order valence-electron chi connectivity index (χ4n) is 0.548. The molecule has 12 heavy (non-hydrogen) atoms. The van der Waals surface area contributed by atoms with Gasteiger partial charge in [-0.05, 0) is 0 Å². The Balaban J connectivity index is 4.11. The van der Waals surface area contributed by atoms with Gasteiger partial charge in [-0.1, -0.05) is 38.9 Å². The molecule has 0 aromatic rings. The third-order valence-electron chi connectivity index (χ3n) is 1.51. The van der Waals surface area contributed by atoms with Gasteiger partial charge < -0.3 is 5.11 Å². The Morgan fingerprint density at radius 3 is 2.25 bits per heavy atom. The van der Waals surface area contributed by atoms with Crippen LogP contribution < -0.4 is 0 Å². The second kappa shape index (κ2) is 4.33. The van der Waals surface area contributed by atoms with Gasteiger partial charge >= 0.3 is 5.97 Å². The maximum atomic E-state index is 10.5. The minimum Gasteiger partial charge on any atom is -0.481 e. The third kappa shape index (κ3) is 4.16. The van der Waals surface area contributed by atoms with Crippen molar-refractivity contribution in [1.29, 1.82) is 0 Å². The van der Waals surface area contributed by atoms with Gasteiger partial charge in [0.15, 0.2) is 0 Å². The molecule has 4 heteroatoms. The lowest BCUT2D eigenvalue weighted by molar-refractivity contribution is -0.140. The van der Waals surface area contributed by atoms with Crippen molar-refractivity contribution < 1.29 is 9.90 Å². The van der Waals surface area contributed by atoms with Gasteiger partial charge in [-0.15, -0.1) is 9.45 Å². The quantitative estimate of drug-likeness (QED) is 0.765. The van der Waals surface area contributed by atoms with Gasteiger partial charge in [0.2, 0.25) is 0 Å². The highest BCUT2D eigenvalue weighted by atomic mass is 32.8. The Morgan fingerprint density at radius 1 is 1.58 bits per heavy atom. The molecule has 0 heterocycles. The molecule has 2 atom stereocenters. The minimum atomic E-state index is -0.749. The standard InChI is InChI=1S/C8H16O2S2/c1-6(7(9)10)5-12(11)8(2,3)4/h6H,5H2,1-4H3,(H,9,10)/t6-,12?/m0/s1. The molecule has 72 valence electrons. The van der Waals surface area contributed by atoms with E-state index in [-0.39, 0.29) is 20.1 Å². The Hall–Kier alpha value is 0.0400. The van der Waals surface area contributed by atoms with Crippen LogP contribution in [0.5, 0.6) is 0 Å². The summed E-state index contributed by atoms with van der Waals surface area (Å²) in [7, 11) is -0.235. The molecular formula is C8H16O2S2. The fraction of sp³-hybridized carbons (Fsp3) is 0.875. The zero-order valence-corrected chi connectivity index (χ0v) is 9.59. The molecule has 0 spiro atoms. The largest absolute Gasteiger partial charge is 0.481 e. The third-order valence-corrected chi connectivity index (χ3v) is 5.58. The topological polar surface area (TPSA) is 37.3 Å². The van der Waals surface area contributed by atoms with Crippen LogP contribution in [0, 0.1) is 5.92 Å². The zero-order chi connectivity index (χ0) is 9.94. The lowest BCUT2D eigenvalue weighted by Crippen LogP contribution is -2.28. The summed E-state index contributed by atoms with van der Waals surface area (Å²) < 4.78 is 0.0546. The van der Waals surface area contributed by atoms with Crippen molar-refractivity contribution >= 4 is 26.6 Å². The number of carboxylic acid groups (broad SMARTS) is 1. The van der Waals surface area contributed by atoms with E-state index in [1.165, 1.54) is 0 Å². The van der Waals surface area contributed by atoms with Crippen molar-refractivity contribution in [1.82, 2.24) is 0 Å². The Morgan fingerprint density at radius 2 is 2.00 bits per heavy atom. The summed E-state index contributed by atoms with van der Waals surface area (Å²) in [6.07, 6.45) is 0. The summed E-state index contributed by atoms with van der Waals surface area (Å²) in [4.78, 5) is 10.5. The van der Waals surface area contributed by atoms with E-state index in [0.717, 1.165) is 0 Å². The molecular weight excluding hydrogens is 192 g/mol. The maximum Gasteiger partial charge on any atom is 0.307 e. The molecule has 0 rings (SSSR count). The molecule has 0 aliphatic heterocycles. The van der Waals surface area contributed by atoms with Crippen molar-refractivity contribution in [3.63, 3.8) is 0 Å². The number of carboxylic acids is 1. The lowest BCUT2D eigenvalue weighted by atomic mass is 10.2. The van der Waals surface area contributed by atoms with Crippen LogP contribution in [0.3, 0.4) is 0 Å². The van der Waals surface area contributed by atoms with Crippen LogP contribution in [-0.4, -0.2) is 21.6 Å². The van der Waals surface area contributed by atoms with Gasteiger partial charge in [0.1, 0.15) is 0 Å². The van der Waals surface area contributed by atoms with E-state index < -0.39 is 5.97 Å². The van der Waals surface area contributed by atoms with Crippen LogP contribution in [0.1, 0.15) is 27.7 Å². The molecule has 2 nitrogen and oxygen atoms in total. The Bertz CT molecular complexity index is 194. The molecule has 0 saturated carbocycles. The first-order valence-electron chi connectivity index (χ1n) is 3.86. The van der Waals surface area contributed by atoms with E-state index in [1.54, 1.807) is 6.92 Å². The maximum absolute atomic E-state index is 10.5. The van der Waals surface area contributed by atoms with E-state index in [2.05, 4.69) is 20.8 Å². The predicted molar refractivity (Wildman–Crippen MR) is 56.1 cm³/mol. The average Bonchev–Trinajstić information content (AvgIpc) is 1.85. The first-order valence-corrected chi connectivity index (χ1v) is 6.18. The highest BCUT2D eigenvalue weighted by Gasteiger charge is 2.20. The van der Waals surface area contributed by atoms with Crippen LogP contribution in [-0.2, 0) is 25.4 Å². The normalized spacial score (nSPS) is 17.0. The van der Waals surface area contributed by atoms with Gasteiger partial charge in [-0.25, -0.2) is 0 Å². The second-order valence-corrected chi connectivity index (χ2v) is 7.32. The molecule has 0 aromatic carbocycles. The average molecular weight is 208 g/mol. The smallest absolute Gasteiger partial charge is 0.307 e. The molecule has 0 fully saturated rings. The molecule has 0 aliphatic rings. The molecule has 1 unspecified atom stereocenters. The summed E-state index contributed by atoms with van der Waals surface area (Å²) in [5.41, 5.74) is 0. The van der Waals surface area contributed by atoms with Crippen LogP contribution in [0.4, 0.5) is 0 Å². The van der Waals surface area contributed by atoms with Crippen LogP contribution in [0.25, 0.3) is 0 Å². The number of hydrogen-bond donors (Lipinski definition) is 1. The van der Waals surface area contributed by atoms with E-state index >= 15 is 0 Å². The fourth-order valence-corrected chi connectivity index (χ4v) is 2.26. The van der Waals surface area contributed by atoms with Crippen molar-refractivity contribution in [3.05, 3.63) is 0 Å². The highest BCUT2D eigenvalue weighted by molar-refractivity contribution is 8.29. The molecule has 0 amide bonds. The molecule has 0 bridgehead atoms. The summed E-state index contributed by atoms with van der Waals surface area (Å²) in [5.74, 6) is -0.458. The van der Waals surface area contributed by atoms with E-state index in [0.29, 0.717) is 5.75 Å². The van der Waals surface area contributed by atoms with Crippen LogP contribution >= 0.6 is 0 Å². The molecule has 0 radical (unpaired) electrons. The van der Waals surface area contributed by atoms with Gasteiger partial charge in [-0.3, -0.25) is 4.79 Å². The lowest BCUT2D eigenvalue weighted by Gasteiger charge is -2.22. The molecule has 0 aliphatic carbocycles. The van der Waals surface area contributed by atoms with E-state index in [1.807, 2.05) is 0 Å². The summed E-state index contributed by atoms with van der Waals surface area (Å²) in [6, 6.07) is 0. The molecule has 0 aromatic heterocycles. The van der Waals surface area contributed by atoms with Crippen molar-refractivity contribution in [2.24, 2.45) is 5.92 Å². The number of aliphatic carboxylic acids is 1. The van der Waals surface area contributed by atoms with Crippen LogP contribution in [0.15, 0.2) is 0 Å². The second-order valence-electron chi connectivity index (χ2n) is 3.86. The van der Waals surface area contributed by atoms with E-state index in [9.17, 15) is 4.79 Å². The van der Waals surface area contributed by atoms with Gasteiger partial charge in [0.25, 0.3) is 0 Å². The monoisotopic (exact) mass is 208 g/mol. The number of carbonyl (C=O) groups is 1. The van der Waals surface area contributed by atoms with Crippen LogP contribution in [0.2, 0.25) is 0 Å². The molecule has 0 saturated heterocycles. The van der Waals surface area contributed by atoms with Gasteiger partial charge in [-0.2, -0.15) is 0 Å². The molecule has 1 N–H and O–H groups in total. The van der Waals surface area contributed by atoms with Crippen molar-refractivity contribution in [3.8, 4) is 0 Å². The minimum absolute atomic E-state index is 0.0546. The number of rotatable bonds is 3. The van der Waals surface area contributed by atoms with Gasteiger partial charge in [0.05, 0.1) is 5.92 Å².